The smallest absolute Gasteiger partial charge is 0.341 e. The van der Waals surface area contributed by atoms with E-state index in [1.165, 1.54) is 12.1 Å². The molecule has 1 atom stereocenters. The van der Waals surface area contributed by atoms with E-state index in [1.807, 2.05) is 19.9 Å². The van der Waals surface area contributed by atoms with Crippen molar-refractivity contribution in [3.63, 3.8) is 0 Å². The number of nitrogens with one attached hydrogen (secondary N) is 1. The van der Waals surface area contributed by atoms with Crippen LogP contribution < -0.4 is 5.32 Å². The minimum Gasteiger partial charge on any atom is -0.373 e. The van der Waals surface area contributed by atoms with Gasteiger partial charge >= 0.3 is 5.76 Å². The van der Waals surface area contributed by atoms with Crippen molar-refractivity contribution >= 4 is 15.5 Å². The maximum absolute atomic E-state index is 12.6. The third-order valence-corrected chi connectivity index (χ3v) is 5.43. The molecular weight excluding hydrogens is 390 g/mol. The second-order valence-electron chi connectivity index (χ2n) is 6.39. The van der Waals surface area contributed by atoms with Crippen LogP contribution in [0.5, 0.6) is 0 Å². The van der Waals surface area contributed by atoms with Gasteiger partial charge in [0.1, 0.15) is 6.04 Å². The fourth-order valence-corrected chi connectivity index (χ4v) is 3.23. The van der Waals surface area contributed by atoms with Gasteiger partial charge in [-0.15, -0.1) is 0 Å². The van der Waals surface area contributed by atoms with Crippen LogP contribution in [0.3, 0.4) is 0 Å². The van der Waals surface area contributed by atoms with Gasteiger partial charge in [-0.3, -0.25) is 4.98 Å². The first-order valence-electron chi connectivity index (χ1n) is 8.41. The molecule has 1 aromatic carbocycles. The van der Waals surface area contributed by atoms with E-state index < -0.39 is 20.5 Å². The van der Waals surface area contributed by atoms with Crippen molar-refractivity contribution < 1.29 is 21.7 Å². The maximum Gasteiger partial charge on any atom is 0.341 e. The van der Waals surface area contributed by atoms with Gasteiger partial charge in [0, 0.05) is 23.6 Å². The number of sulfone groups is 1. The number of hydrogen-bond acceptors (Lipinski definition) is 7. The van der Waals surface area contributed by atoms with Gasteiger partial charge in [-0.1, -0.05) is 19.0 Å². The number of nitrogens with zero attached hydrogens (tertiary/aromatic N) is 3. The Bertz CT molecular complexity index is 1020. The Kier molecular flexibility index (Phi) is 5.68. The Morgan fingerprint density at radius 1 is 1.11 bits per heavy atom. The number of rotatable bonds is 7. The van der Waals surface area contributed by atoms with E-state index in [0.717, 1.165) is 12.1 Å². The fourth-order valence-electron chi connectivity index (χ4n) is 2.51. The lowest BCUT2D eigenvalue weighted by Crippen LogP contribution is -2.17. The summed E-state index contributed by atoms with van der Waals surface area (Å²) in [7, 11) is -4.63. The first kappa shape index (κ1) is 19.9. The van der Waals surface area contributed by atoms with Gasteiger partial charge in [-0.2, -0.15) is 13.8 Å². The van der Waals surface area contributed by atoms with Gasteiger partial charge in [-0.05, 0) is 42.3 Å². The van der Waals surface area contributed by atoms with Crippen molar-refractivity contribution in [3.8, 4) is 11.4 Å². The number of pyridine rings is 1. The number of hydrogen-bond donors (Lipinski definition) is 1. The molecule has 0 spiro atoms. The SMILES string of the molecule is CC(C)C(Nc1ccc(S(=O)(=O)C(F)F)cc1)c1nc(-c2cccnc2)no1. The van der Waals surface area contributed by atoms with Crippen LogP contribution in [-0.2, 0) is 9.84 Å². The zero-order chi connectivity index (χ0) is 20.3. The largest absolute Gasteiger partial charge is 0.373 e. The molecule has 0 amide bonds. The molecule has 2 heterocycles. The molecule has 0 radical (unpaired) electrons. The van der Waals surface area contributed by atoms with Gasteiger partial charge in [0.2, 0.25) is 21.6 Å². The highest BCUT2D eigenvalue weighted by atomic mass is 32.2. The Labute approximate surface area is 160 Å². The number of halogens is 2. The zero-order valence-electron chi connectivity index (χ0n) is 15.1. The van der Waals surface area contributed by atoms with Crippen molar-refractivity contribution in [1.29, 1.82) is 0 Å². The summed E-state index contributed by atoms with van der Waals surface area (Å²) < 4.78 is 53.7. The third-order valence-electron chi connectivity index (χ3n) is 4.03. The summed E-state index contributed by atoms with van der Waals surface area (Å²) in [6, 6.07) is 8.31. The Morgan fingerprint density at radius 2 is 1.82 bits per heavy atom. The van der Waals surface area contributed by atoms with Crippen LogP contribution in [-0.4, -0.2) is 29.3 Å². The molecule has 3 rings (SSSR count). The molecule has 3 aromatic rings. The van der Waals surface area contributed by atoms with Gasteiger partial charge < -0.3 is 9.84 Å². The Morgan fingerprint density at radius 3 is 2.39 bits per heavy atom. The van der Waals surface area contributed by atoms with Crippen LogP contribution in [0.15, 0.2) is 58.2 Å². The molecule has 1 unspecified atom stereocenters. The predicted octanol–water partition coefficient (Wildman–Crippen LogP) is 3.94. The molecule has 2 aromatic heterocycles. The van der Waals surface area contributed by atoms with E-state index in [-0.39, 0.29) is 12.0 Å². The molecule has 7 nitrogen and oxygen atoms in total. The molecule has 0 aliphatic heterocycles. The normalized spacial score (nSPS) is 13.1. The van der Waals surface area contributed by atoms with Crippen LogP contribution in [0.25, 0.3) is 11.4 Å². The average molecular weight is 408 g/mol. The summed E-state index contributed by atoms with van der Waals surface area (Å²) in [5.41, 5.74) is 1.25. The van der Waals surface area contributed by atoms with Crippen molar-refractivity contribution in [2.24, 2.45) is 5.92 Å². The highest BCUT2D eigenvalue weighted by molar-refractivity contribution is 7.91. The summed E-state index contributed by atoms with van der Waals surface area (Å²) in [5, 5.41) is 7.14. The average Bonchev–Trinajstić information content (AvgIpc) is 3.16. The van der Waals surface area contributed by atoms with Crippen molar-refractivity contribution in [3.05, 3.63) is 54.7 Å². The summed E-state index contributed by atoms with van der Waals surface area (Å²) in [4.78, 5) is 7.98. The first-order chi connectivity index (χ1) is 13.3. The predicted molar refractivity (Wildman–Crippen MR) is 98.4 cm³/mol. The molecule has 10 heteroatoms. The molecule has 0 bridgehead atoms. The van der Waals surface area contributed by atoms with E-state index in [1.54, 1.807) is 18.5 Å². The second-order valence-corrected chi connectivity index (χ2v) is 8.31. The number of alkyl halides is 2. The van der Waals surface area contributed by atoms with E-state index in [2.05, 4.69) is 20.4 Å². The van der Waals surface area contributed by atoms with Crippen LogP contribution >= 0.6 is 0 Å². The van der Waals surface area contributed by atoms with E-state index >= 15 is 0 Å². The standard InChI is InChI=1S/C18H18F2N4O3S/c1-11(2)15(17-23-16(24-27-17)12-4-3-9-21-10-12)22-13-5-7-14(8-6-13)28(25,26)18(19)20/h3-11,15,18,22H,1-2H3. The molecule has 0 saturated heterocycles. The lowest BCUT2D eigenvalue weighted by molar-refractivity contribution is 0.234. The summed E-state index contributed by atoms with van der Waals surface area (Å²) in [6.07, 6.45) is 3.26. The molecule has 28 heavy (non-hydrogen) atoms. The van der Waals surface area contributed by atoms with E-state index in [0.29, 0.717) is 23.0 Å². The molecule has 0 fully saturated rings. The Hall–Kier alpha value is -2.88. The quantitative estimate of drug-likeness (QED) is 0.632. The van der Waals surface area contributed by atoms with E-state index in [9.17, 15) is 17.2 Å². The van der Waals surface area contributed by atoms with Crippen molar-refractivity contribution in [1.82, 2.24) is 15.1 Å². The van der Waals surface area contributed by atoms with Crippen molar-refractivity contribution in [2.45, 2.75) is 30.5 Å². The maximum atomic E-state index is 12.6. The second kappa shape index (κ2) is 8.01. The lowest BCUT2D eigenvalue weighted by atomic mass is 10.0. The van der Waals surface area contributed by atoms with Gasteiger partial charge in [0.05, 0.1) is 4.90 Å². The summed E-state index contributed by atoms with van der Waals surface area (Å²) in [6.45, 7) is 3.89. The molecule has 1 N–H and O–H groups in total. The van der Waals surface area contributed by atoms with Crippen molar-refractivity contribution in [2.75, 3.05) is 5.32 Å². The lowest BCUT2D eigenvalue weighted by Gasteiger charge is -2.20. The minimum absolute atomic E-state index is 0.0478. The highest BCUT2D eigenvalue weighted by Crippen LogP contribution is 2.28. The monoisotopic (exact) mass is 408 g/mol. The van der Waals surface area contributed by atoms with Gasteiger partial charge in [-0.25, -0.2) is 8.42 Å². The highest BCUT2D eigenvalue weighted by Gasteiger charge is 2.27. The van der Waals surface area contributed by atoms with Crippen LogP contribution in [0, 0.1) is 5.92 Å². The van der Waals surface area contributed by atoms with E-state index in [4.69, 9.17) is 4.52 Å². The molecule has 148 valence electrons. The van der Waals surface area contributed by atoms with Gasteiger partial charge in [0.25, 0.3) is 0 Å². The van der Waals surface area contributed by atoms with Crippen LogP contribution in [0.2, 0.25) is 0 Å². The number of anilines is 1. The molecule has 0 saturated carbocycles. The third kappa shape index (κ3) is 4.16. The topological polar surface area (TPSA) is 98.0 Å². The van der Waals surface area contributed by atoms with Crippen LogP contribution in [0.4, 0.5) is 14.5 Å². The number of benzene rings is 1. The molecular formula is C18H18F2N4O3S. The molecule has 0 aliphatic carbocycles. The number of aromatic nitrogens is 3. The van der Waals surface area contributed by atoms with Crippen LogP contribution in [0.1, 0.15) is 25.8 Å². The first-order valence-corrected chi connectivity index (χ1v) is 9.96. The Balaban J connectivity index is 1.82. The zero-order valence-corrected chi connectivity index (χ0v) is 15.9. The minimum atomic E-state index is -4.63. The summed E-state index contributed by atoms with van der Waals surface area (Å²) in [5.74, 6) is -2.67. The fraction of sp³-hybridized carbons (Fsp3) is 0.278. The summed E-state index contributed by atoms with van der Waals surface area (Å²) >= 11 is 0. The van der Waals surface area contributed by atoms with Gasteiger partial charge in [0.15, 0.2) is 0 Å². The molecule has 0 aliphatic rings.